The number of aryl methyl sites for hydroxylation is 1. The molecule has 0 aliphatic rings. The highest BCUT2D eigenvalue weighted by Gasteiger charge is 2.09. The summed E-state index contributed by atoms with van der Waals surface area (Å²) in [4.78, 5) is 24.1. The van der Waals surface area contributed by atoms with Crippen molar-refractivity contribution in [2.45, 2.75) is 13.5 Å². The number of hydrogen-bond acceptors (Lipinski definition) is 3. The van der Waals surface area contributed by atoms with Crippen LogP contribution in [-0.4, -0.2) is 30.7 Å². The molecule has 0 bridgehead atoms. The summed E-state index contributed by atoms with van der Waals surface area (Å²) >= 11 is 0. The molecule has 2 rings (SSSR count). The second kappa shape index (κ2) is 6.34. The molecule has 1 amide bonds. The highest BCUT2D eigenvalue weighted by atomic mass is 16.5. The van der Waals surface area contributed by atoms with Gasteiger partial charge in [0.05, 0.1) is 12.1 Å². The van der Waals surface area contributed by atoms with Gasteiger partial charge in [-0.1, -0.05) is 18.2 Å². The first-order valence-corrected chi connectivity index (χ1v) is 6.48. The molecule has 1 N–H and O–H groups in total. The fourth-order valence-corrected chi connectivity index (χ4v) is 2.12. The number of carbonyl (C=O) groups is 1. The Bertz CT molecular complexity index is 676. The van der Waals surface area contributed by atoms with Crippen LogP contribution in [0.5, 0.6) is 0 Å². The maximum Gasteiger partial charge on any atom is 0.254 e. The van der Waals surface area contributed by atoms with E-state index in [2.05, 4.69) is 5.32 Å². The van der Waals surface area contributed by atoms with Crippen LogP contribution in [0.3, 0.4) is 0 Å². The quantitative estimate of drug-likeness (QED) is 0.830. The highest BCUT2D eigenvalue weighted by Crippen LogP contribution is 2.12. The van der Waals surface area contributed by atoms with Gasteiger partial charge in [-0.25, -0.2) is 0 Å². The summed E-state index contributed by atoms with van der Waals surface area (Å²) < 4.78 is 6.38. The third-order valence-electron chi connectivity index (χ3n) is 3.11. The second-order valence-electron chi connectivity index (χ2n) is 4.62. The van der Waals surface area contributed by atoms with Gasteiger partial charge in [-0.2, -0.15) is 0 Å². The number of rotatable bonds is 5. The monoisotopic (exact) mass is 274 g/mol. The molecule has 0 spiro atoms. The predicted molar refractivity (Wildman–Crippen MR) is 77.8 cm³/mol. The molecule has 2 aromatic rings. The molecule has 0 atom stereocenters. The van der Waals surface area contributed by atoms with Gasteiger partial charge in [0, 0.05) is 19.2 Å². The summed E-state index contributed by atoms with van der Waals surface area (Å²) in [7, 11) is 1.57. The number of para-hydroxylation sites is 1. The molecule has 5 nitrogen and oxygen atoms in total. The number of ether oxygens (including phenoxy) is 1. The normalized spacial score (nSPS) is 10.7. The van der Waals surface area contributed by atoms with Crippen LogP contribution in [0.15, 0.2) is 35.1 Å². The van der Waals surface area contributed by atoms with E-state index >= 15 is 0 Å². The first kappa shape index (κ1) is 14.3. The largest absolute Gasteiger partial charge is 0.383 e. The number of hydrogen-bond donors (Lipinski definition) is 1. The van der Waals surface area contributed by atoms with Crippen LogP contribution < -0.4 is 10.9 Å². The Morgan fingerprint density at radius 2 is 2.10 bits per heavy atom. The summed E-state index contributed by atoms with van der Waals surface area (Å²) in [6, 6.07) is 9.39. The van der Waals surface area contributed by atoms with Crippen LogP contribution in [0.25, 0.3) is 10.9 Å². The van der Waals surface area contributed by atoms with E-state index in [0.717, 1.165) is 10.9 Å². The van der Waals surface area contributed by atoms with E-state index in [9.17, 15) is 9.59 Å². The summed E-state index contributed by atoms with van der Waals surface area (Å²) in [5, 5.41) is 3.67. The molecule has 0 aliphatic carbocycles. The number of pyridine rings is 1. The van der Waals surface area contributed by atoms with Gasteiger partial charge in [0.2, 0.25) is 5.91 Å². The van der Waals surface area contributed by atoms with Gasteiger partial charge < -0.3 is 10.1 Å². The maximum atomic E-state index is 12.2. The molecular weight excluding hydrogens is 256 g/mol. The van der Waals surface area contributed by atoms with Crippen molar-refractivity contribution in [3.63, 3.8) is 0 Å². The van der Waals surface area contributed by atoms with Gasteiger partial charge >= 0.3 is 0 Å². The molecule has 0 saturated heterocycles. The van der Waals surface area contributed by atoms with Gasteiger partial charge in [-0.15, -0.1) is 0 Å². The second-order valence-corrected chi connectivity index (χ2v) is 4.62. The summed E-state index contributed by atoms with van der Waals surface area (Å²) in [6.45, 7) is 2.67. The zero-order chi connectivity index (χ0) is 14.5. The zero-order valence-corrected chi connectivity index (χ0v) is 11.7. The average Bonchev–Trinajstić information content (AvgIpc) is 2.44. The van der Waals surface area contributed by atoms with Gasteiger partial charge in [-0.05, 0) is 24.4 Å². The van der Waals surface area contributed by atoms with E-state index in [1.807, 2.05) is 30.3 Å². The fourth-order valence-electron chi connectivity index (χ4n) is 2.12. The highest BCUT2D eigenvalue weighted by molar-refractivity contribution is 5.82. The van der Waals surface area contributed by atoms with Gasteiger partial charge in [0.15, 0.2) is 0 Å². The predicted octanol–water partition coefficient (Wildman–Crippen LogP) is 1.07. The molecule has 0 aliphatic heterocycles. The van der Waals surface area contributed by atoms with E-state index in [1.165, 1.54) is 4.57 Å². The maximum absolute atomic E-state index is 12.2. The van der Waals surface area contributed by atoms with Crippen LogP contribution >= 0.6 is 0 Å². The lowest BCUT2D eigenvalue weighted by atomic mass is 10.1. The molecular formula is C15H18N2O3. The van der Waals surface area contributed by atoms with E-state index < -0.39 is 0 Å². The van der Waals surface area contributed by atoms with Crippen LogP contribution in [0, 0.1) is 6.92 Å². The molecule has 0 unspecified atom stereocenters. The van der Waals surface area contributed by atoms with Crippen LogP contribution in [0.4, 0.5) is 0 Å². The minimum absolute atomic E-state index is 0.0186. The topological polar surface area (TPSA) is 60.3 Å². The van der Waals surface area contributed by atoms with Gasteiger partial charge in [0.1, 0.15) is 6.54 Å². The SMILES string of the molecule is COCCNC(=O)Cn1c(=O)c(C)cc2ccccc21. The number of nitrogens with zero attached hydrogens (tertiary/aromatic N) is 1. The number of carbonyl (C=O) groups excluding carboxylic acids is 1. The number of methoxy groups -OCH3 is 1. The van der Waals surface area contributed by atoms with Crippen molar-refractivity contribution in [3.05, 3.63) is 46.2 Å². The van der Waals surface area contributed by atoms with E-state index in [4.69, 9.17) is 4.74 Å². The number of aromatic nitrogens is 1. The Hall–Kier alpha value is -2.14. The molecule has 0 saturated carbocycles. The van der Waals surface area contributed by atoms with Gasteiger partial charge in [-0.3, -0.25) is 14.2 Å². The Labute approximate surface area is 117 Å². The van der Waals surface area contributed by atoms with Crippen molar-refractivity contribution in [2.24, 2.45) is 0 Å². The Kier molecular flexibility index (Phi) is 4.53. The van der Waals surface area contributed by atoms with Crippen molar-refractivity contribution < 1.29 is 9.53 Å². The van der Waals surface area contributed by atoms with Crippen LogP contribution in [0.2, 0.25) is 0 Å². The minimum atomic E-state index is -0.195. The van der Waals surface area contributed by atoms with Crippen molar-refractivity contribution in [2.75, 3.05) is 20.3 Å². The van der Waals surface area contributed by atoms with Crippen LogP contribution in [-0.2, 0) is 16.1 Å². The Morgan fingerprint density at radius 1 is 1.35 bits per heavy atom. The van der Waals surface area contributed by atoms with Crippen LogP contribution in [0.1, 0.15) is 5.56 Å². The number of fused-ring (bicyclic) bond motifs is 1. The molecule has 20 heavy (non-hydrogen) atoms. The first-order chi connectivity index (χ1) is 9.63. The van der Waals surface area contributed by atoms with E-state index in [0.29, 0.717) is 18.7 Å². The number of nitrogens with one attached hydrogen (secondary N) is 1. The minimum Gasteiger partial charge on any atom is -0.383 e. The molecule has 1 aromatic heterocycles. The Morgan fingerprint density at radius 3 is 2.85 bits per heavy atom. The fraction of sp³-hybridized carbons (Fsp3) is 0.333. The van der Waals surface area contributed by atoms with Crippen molar-refractivity contribution in [1.82, 2.24) is 9.88 Å². The molecule has 5 heteroatoms. The van der Waals surface area contributed by atoms with Crippen molar-refractivity contribution in [1.29, 1.82) is 0 Å². The van der Waals surface area contributed by atoms with E-state index in [-0.39, 0.29) is 18.0 Å². The average molecular weight is 274 g/mol. The number of amides is 1. The summed E-state index contributed by atoms with van der Waals surface area (Å²) in [5.74, 6) is -0.195. The lowest BCUT2D eigenvalue weighted by molar-refractivity contribution is -0.121. The van der Waals surface area contributed by atoms with Crippen molar-refractivity contribution in [3.8, 4) is 0 Å². The molecule has 106 valence electrons. The summed E-state index contributed by atoms with van der Waals surface area (Å²) in [5.41, 5.74) is 1.27. The third kappa shape index (κ3) is 3.05. The summed E-state index contributed by atoms with van der Waals surface area (Å²) in [6.07, 6.45) is 0. The first-order valence-electron chi connectivity index (χ1n) is 6.48. The molecule has 0 fully saturated rings. The zero-order valence-electron chi connectivity index (χ0n) is 11.7. The number of benzene rings is 1. The smallest absolute Gasteiger partial charge is 0.254 e. The van der Waals surface area contributed by atoms with Crippen molar-refractivity contribution >= 4 is 16.8 Å². The van der Waals surface area contributed by atoms with E-state index in [1.54, 1.807) is 14.0 Å². The molecule has 1 aromatic carbocycles. The third-order valence-corrected chi connectivity index (χ3v) is 3.11. The Balaban J connectivity index is 2.31. The molecule has 1 heterocycles. The van der Waals surface area contributed by atoms with Gasteiger partial charge in [0.25, 0.3) is 5.56 Å². The lowest BCUT2D eigenvalue weighted by Crippen LogP contribution is -2.34. The molecule has 0 radical (unpaired) electrons. The lowest BCUT2D eigenvalue weighted by Gasteiger charge is -2.11. The standard InChI is InChI=1S/C15H18N2O3/c1-11-9-12-5-3-4-6-13(12)17(15(11)19)10-14(18)16-7-8-20-2/h3-6,9H,7-8,10H2,1-2H3,(H,16,18).